The standard InChI is InChI=1S/C10H6ClN5OS/c11-7-3-2-6(18-7)8(17)13-9-14-10-12-4-1-5-16(10)15-9/h1-5H,(H,13,15,17). The molecule has 3 rings (SSSR count). The van der Waals surface area contributed by atoms with Crippen LogP contribution in [-0.4, -0.2) is 25.5 Å². The molecule has 0 unspecified atom stereocenters. The van der Waals surface area contributed by atoms with Gasteiger partial charge in [-0.25, -0.2) is 9.50 Å². The van der Waals surface area contributed by atoms with Crippen molar-refractivity contribution in [1.29, 1.82) is 0 Å². The number of fused-ring (bicyclic) bond motifs is 1. The van der Waals surface area contributed by atoms with Crippen molar-refractivity contribution in [3.8, 4) is 0 Å². The van der Waals surface area contributed by atoms with Gasteiger partial charge >= 0.3 is 0 Å². The van der Waals surface area contributed by atoms with Crippen molar-refractivity contribution in [3.05, 3.63) is 39.8 Å². The molecule has 90 valence electrons. The van der Waals surface area contributed by atoms with Crippen LogP contribution in [0, 0.1) is 0 Å². The first-order valence-electron chi connectivity index (χ1n) is 4.96. The summed E-state index contributed by atoms with van der Waals surface area (Å²) in [6.45, 7) is 0. The number of amides is 1. The number of carbonyl (C=O) groups is 1. The monoisotopic (exact) mass is 279 g/mol. The van der Waals surface area contributed by atoms with E-state index in [0.717, 1.165) is 0 Å². The third-order valence-electron chi connectivity index (χ3n) is 2.14. The SMILES string of the molecule is O=C(Nc1nc2ncccn2n1)c1ccc(Cl)s1. The van der Waals surface area contributed by atoms with Crippen LogP contribution in [0.5, 0.6) is 0 Å². The largest absolute Gasteiger partial charge is 0.288 e. The fourth-order valence-electron chi connectivity index (χ4n) is 1.39. The van der Waals surface area contributed by atoms with E-state index in [9.17, 15) is 4.79 Å². The summed E-state index contributed by atoms with van der Waals surface area (Å²) in [5.74, 6) is 0.350. The normalized spacial score (nSPS) is 10.7. The first-order valence-corrected chi connectivity index (χ1v) is 6.16. The number of carbonyl (C=O) groups excluding carboxylic acids is 1. The highest BCUT2D eigenvalue weighted by atomic mass is 35.5. The van der Waals surface area contributed by atoms with Crippen LogP contribution < -0.4 is 5.32 Å². The average molecular weight is 280 g/mol. The van der Waals surface area contributed by atoms with Gasteiger partial charge in [0, 0.05) is 12.4 Å². The zero-order valence-electron chi connectivity index (χ0n) is 8.87. The highest BCUT2D eigenvalue weighted by molar-refractivity contribution is 7.18. The second-order valence-electron chi connectivity index (χ2n) is 3.36. The van der Waals surface area contributed by atoms with Gasteiger partial charge in [-0.3, -0.25) is 10.1 Å². The third kappa shape index (κ3) is 2.05. The predicted molar refractivity (Wildman–Crippen MR) is 68.1 cm³/mol. The molecular formula is C10H6ClN5OS. The molecule has 0 aliphatic rings. The minimum Gasteiger partial charge on any atom is -0.288 e. The number of hydrogen-bond donors (Lipinski definition) is 1. The lowest BCUT2D eigenvalue weighted by Crippen LogP contribution is -2.11. The van der Waals surface area contributed by atoms with Crippen molar-refractivity contribution in [2.24, 2.45) is 0 Å². The van der Waals surface area contributed by atoms with Gasteiger partial charge in [-0.2, -0.15) is 4.98 Å². The number of hydrogen-bond acceptors (Lipinski definition) is 5. The summed E-state index contributed by atoms with van der Waals surface area (Å²) in [7, 11) is 0. The van der Waals surface area contributed by atoms with E-state index in [4.69, 9.17) is 11.6 Å². The Bertz CT molecular complexity index is 689. The van der Waals surface area contributed by atoms with Crippen molar-refractivity contribution < 1.29 is 4.79 Å². The van der Waals surface area contributed by atoms with Crippen LogP contribution in [-0.2, 0) is 0 Å². The molecule has 1 N–H and O–H groups in total. The summed E-state index contributed by atoms with van der Waals surface area (Å²) >= 11 is 6.96. The molecule has 0 aromatic carbocycles. The van der Waals surface area contributed by atoms with Gasteiger partial charge in [0.25, 0.3) is 17.6 Å². The molecule has 0 spiro atoms. The minimum absolute atomic E-state index is 0.211. The summed E-state index contributed by atoms with van der Waals surface area (Å²) < 4.78 is 2.04. The number of nitrogens with zero attached hydrogens (tertiary/aromatic N) is 4. The molecule has 18 heavy (non-hydrogen) atoms. The predicted octanol–water partition coefficient (Wildman–Crippen LogP) is 2.09. The van der Waals surface area contributed by atoms with E-state index in [1.54, 1.807) is 30.6 Å². The number of rotatable bonds is 2. The molecule has 3 heterocycles. The summed E-state index contributed by atoms with van der Waals surface area (Å²) in [5.41, 5.74) is 0. The Morgan fingerprint density at radius 3 is 3.06 bits per heavy atom. The number of nitrogens with one attached hydrogen (secondary N) is 1. The van der Waals surface area contributed by atoms with Crippen LogP contribution in [0.2, 0.25) is 4.34 Å². The molecule has 1 amide bonds. The van der Waals surface area contributed by atoms with Gasteiger partial charge in [0.1, 0.15) is 0 Å². The zero-order chi connectivity index (χ0) is 12.5. The van der Waals surface area contributed by atoms with Crippen LogP contribution in [0.4, 0.5) is 5.95 Å². The van der Waals surface area contributed by atoms with Gasteiger partial charge in [0.05, 0.1) is 9.21 Å². The van der Waals surface area contributed by atoms with Crippen molar-refractivity contribution in [3.63, 3.8) is 0 Å². The third-order valence-corrected chi connectivity index (χ3v) is 3.37. The summed E-state index contributed by atoms with van der Waals surface area (Å²) in [6, 6.07) is 5.04. The lowest BCUT2D eigenvalue weighted by atomic mass is 10.4. The Morgan fingerprint density at radius 2 is 2.33 bits per heavy atom. The second kappa shape index (κ2) is 4.35. The molecule has 8 heteroatoms. The molecule has 0 bridgehead atoms. The van der Waals surface area contributed by atoms with Gasteiger partial charge in [-0.1, -0.05) is 11.6 Å². The molecule has 0 fully saturated rings. The second-order valence-corrected chi connectivity index (χ2v) is 5.07. The van der Waals surface area contributed by atoms with Crippen molar-refractivity contribution in [2.75, 3.05) is 5.32 Å². The van der Waals surface area contributed by atoms with Crippen molar-refractivity contribution in [2.45, 2.75) is 0 Å². The Labute approximate surface area is 110 Å². The number of anilines is 1. The zero-order valence-corrected chi connectivity index (χ0v) is 10.4. The van der Waals surface area contributed by atoms with Crippen LogP contribution in [0.1, 0.15) is 9.67 Å². The molecule has 0 radical (unpaired) electrons. The quantitative estimate of drug-likeness (QED) is 0.780. The lowest BCUT2D eigenvalue weighted by molar-refractivity contribution is 0.102. The molecule has 0 saturated heterocycles. The maximum Gasteiger partial charge on any atom is 0.268 e. The van der Waals surface area contributed by atoms with Gasteiger partial charge in [0.15, 0.2) is 0 Å². The van der Waals surface area contributed by atoms with Gasteiger partial charge in [-0.05, 0) is 18.2 Å². The fraction of sp³-hybridized carbons (Fsp3) is 0. The van der Waals surface area contributed by atoms with Crippen LogP contribution in [0.3, 0.4) is 0 Å². The van der Waals surface area contributed by atoms with Crippen LogP contribution in [0.25, 0.3) is 5.78 Å². The van der Waals surface area contributed by atoms with Crippen molar-refractivity contribution >= 4 is 40.6 Å². The minimum atomic E-state index is -0.289. The topological polar surface area (TPSA) is 72.2 Å². The first-order chi connectivity index (χ1) is 8.72. The number of aromatic nitrogens is 4. The Kier molecular flexibility index (Phi) is 2.69. The van der Waals surface area contributed by atoms with Gasteiger partial charge in [-0.15, -0.1) is 16.4 Å². The van der Waals surface area contributed by atoms with E-state index < -0.39 is 0 Å². The molecule has 3 aromatic heterocycles. The lowest BCUT2D eigenvalue weighted by Gasteiger charge is -1.95. The average Bonchev–Trinajstić information content (AvgIpc) is 2.94. The summed E-state index contributed by atoms with van der Waals surface area (Å²) in [6.07, 6.45) is 3.31. The van der Waals surface area contributed by atoms with Gasteiger partial charge < -0.3 is 0 Å². The number of halogens is 1. The molecule has 6 nitrogen and oxygen atoms in total. The molecule has 3 aromatic rings. The first kappa shape index (κ1) is 11.1. The molecule has 0 atom stereocenters. The molecule has 0 aliphatic carbocycles. The molecular weight excluding hydrogens is 274 g/mol. The van der Waals surface area contributed by atoms with Crippen LogP contribution in [0.15, 0.2) is 30.6 Å². The maximum atomic E-state index is 11.8. The van der Waals surface area contributed by atoms with Crippen molar-refractivity contribution in [1.82, 2.24) is 19.6 Å². The van der Waals surface area contributed by atoms with E-state index >= 15 is 0 Å². The fourth-order valence-corrected chi connectivity index (χ4v) is 2.32. The highest BCUT2D eigenvalue weighted by Gasteiger charge is 2.12. The molecule has 0 saturated carbocycles. The smallest absolute Gasteiger partial charge is 0.268 e. The summed E-state index contributed by atoms with van der Waals surface area (Å²) in [5, 5.41) is 6.66. The van der Waals surface area contributed by atoms with Crippen LogP contribution >= 0.6 is 22.9 Å². The summed E-state index contributed by atoms with van der Waals surface area (Å²) in [4.78, 5) is 20.4. The highest BCUT2D eigenvalue weighted by Crippen LogP contribution is 2.21. The molecule has 0 aliphatic heterocycles. The van der Waals surface area contributed by atoms with E-state index in [-0.39, 0.29) is 11.9 Å². The van der Waals surface area contributed by atoms with E-state index in [1.807, 2.05) is 0 Å². The van der Waals surface area contributed by atoms with E-state index in [0.29, 0.717) is 15.0 Å². The maximum absolute atomic E-state index is 11.8. The van der Waals surface area contributed by atoms with E-state index in [2.05, 4.69) is 20.4 Å². The number of thiophene rings is 1. The Balaban J connectivity index is 1.86. The Hall–Kier alpha value is -1.99. The Morgan fingerprint density at radius 1 is 1.44 bits per heavy atom. The van der Waals surface area contributed by atoms with E-state index in [1.165, 1.54) is 15.9 Å². The van der Waals surface area contributed by atoms with Gasteiger partial charge in [0.2, 0.25) is 0 Å².